The Labute approximate surface area is 196 Å². The number of carboxylic acid groups (broad SMARTS) is 2. The predicted octanol–water partition coefficient (Wildman–Crippen LogP) is 1.94. The van der Waals surface area contributed by atoms with Crippen LogP contribution in [-0.2, 0) is 27.2 Å². The molecule has 2 aromatic rings. The Morgan fingerprint density at radius 1 is 1.12 bits per heavy atom. The van der Waals surface area contributed by atoms with Crippen molar-refractivity contribution in [3.8, 4) is 0 Å². The fourth-order valence-corrected chi connectivity index (χ4v) is 5.88. The van der Waals surface area contributed by atoms with Crippen molar-refractivity contribution in [1.29, 1.82) is 0 Å². The lowest BCUT2D eigenvalue weighted by atomic mass is 9.95. The lowest BCUT2D eigenvalue weighted by Gasteiger charge is -2.40. The van der Waals surface area contributed by atoms with Crippen molar-refractivity contribution in [2.24, 2.45) is 0 Å². The Hall–Kier alpha value is -3.04. The van der Waals surface area contributed by atoms with Gasteiger partial charge in [-0.25, -0.2) is 4.79 Å². The third-order valence-corrected chi connectivity index (χ3v) is 7.44. The highest BCUT2D eigenvalue weighted by atomic mass is 32.2. The highest BCUT2D eigenvalue weighted by Gasteiger charge is 2.45. The number of nitrogens with two attached hydrogens (primary N) is 1. The molecule has 2 heterocycles. The summed E-state index contributed by atoms with van der Waals surface area (Å²) in [7, 11) is 0. The zero-order valence-corrected chi connectivity index (χ0v) is 18.8. The second-order valence-corrected chi connectivity index (χ2v) is 9.48. The van der Waals surface area contributed by atoms with Crippen LogP contribution in [0, 0.1) is 0 Å². The molecule has 1 amide bonds. The molecule has 4 atom stereocenters. The van der Waals surface area contributed by atoms with Gasteiger partial charge in [0.05, 0.1) is 12.1 Å². The smallest absolute Gasteiger partial charge is 0.327 e. The van der Waals surface area contributed by atoms with Crippen molar-refractivity contribution in [3.05, 3.63) is 65.2 Å². The number of nitrogens with zero attached hydrogens (tertiary/aromatic N) is 1. The maximum Gasteiger partial charge on any atom is 0.327 e. The molecule has 4 rings (SSSR count). The molecule has 2 aliphatic rings. The molecule has 0 aliphatic carbocycles. The summed E-state index contributed by atoms with van der Waals surface area (Å²) in [6.07, 6.45) is 1.03. The third-order valence-electron chi connectivity index (χ3n) is 6.34. The minimum absolute atomic E-state index is 0.208. The van der Waals surface area contributed by atoms with Crippen LogP contribution in [-0.4, -0.2) is 62.6 Å². The van der Waals surface area contributed by atoms with Crippen LogP contribution in [0.5, 0.6) is 0 Å². The first-order valence-electron chi connectivity index (χ1n) is 10.9. The van der Waals surface area contributed by atoms with Gasteiger partial charge in [-0.05, 0) is 42.0 Å². The Bertz CT molecular complexity index is 1050. The van der Waals surface area contributed by atoms with Crippen molar-refractivity contribution in [3.63, 3.8) is 0 Å². The highest BCUT2D eigenvalue weighted by molar-refractivity contribution is 7.99. The van der Waals surface area contributed by atoms with Crippen LogP contribution in [0.3, 0.4) is 0 Å². The molecule has 1 fully saturated rings. The number of aliphatic carboxylic acids is 2. The monoisotopic (exact) mass is 469 g/mol. The molecule has 2 aromatic carbocycles. The number of carbonyl (C=O) groups excluding carboxylic acids is 1. The molecule has 0 saturated carbocycles. The summed E-state index contributed by atoms with van der Waals surface area (Å²) in [6.45, 7) is 0. The molecule has 174 valence electrons. The molecule has 0 unspecified atom stereocenters. The Balaban J connectivity index is 1.65. The van der Waals surface area contributed by atoms with Gasteiger partial charge in [0.1, 0.15) is 12.1 Å². The van der Waals surface area contributed by atoms with E-state index >= 15 is 0 Å². The fraction of sp³-hybridized carbons (Fsp3) is 0.375. The first-order chi connectivity index (χ1) is 15.9. The quantitative estimate of drug-likeness (QED) is 0.452. The predicted molar refractivity (Wildman–Crippen MR) is 126 cm³/mol. The SMILES string of the molecule is Nc1cccc2c1C[C@@H](N[C@@H](CCc1ccccc1)C(=O)O)C(=O)N1[C@@H](C(=O)O)CSC[C@@H]21. The molecule has 0 bridgehead atoms. The van der Waals surface area contributed by atoms with Crippen LogP contribution >= 0.6 is 11.8 Å². The number of carbonyl (C=O) groups is 3. The Morgan fingerprint density at radius 2 is 1.88 bits per heavy atom. The molecule has 2 aliphatic heterocycles. The molecule has 9 heteroatoms. The van der Waals surface area contributed by atoms with E-state index in [1.807, 2.05) is 36.4 Å². The van der Waals surface area contributed by atoms with Gasteiger partial charge in [-0.3, -0.25) is 14.9 Å². The molecular formula is C24H27N3O5S. The third kappa shape index (κ3) is 4.84. The summed E-state index contributed by atoms with van der Waals surface area (Å²) in [5.41, 5.74) is 9.40. The number of nitrogens with one attached hydrogen (secondary N) is 1. The van der Waals surface area contributed by atoms with Gasteiger partial charge in [0, 0.05) is 17.2 Å². The van der Waals surface area contributed by atoms with E-state index in [2.05, 4.69) is 5.32 Å². The van der Waals surface area contributed by atoms with E-state index in [0.717, 1.165) is 16.7 Å². The number of rotatable bonds is 7. The van der Waals surface area contributed by atoms with Gasteiger partial charge in [-0.2, -0.15) is 11.8 Å². The molecule has 0 radical (unpaired) electrons. The van der Waals surface area contributed by atoms with E-state index in [0.29, 0.717) is 24.3 Å². The summed E-state index contributed by atoms with van der Waals surface area (Å²) >= 11 is 1.49. The topological polar surface area (TPSA) is 133 Å². The summed E-state index contributed by atoms with van der Waals surface area (Å²) < 4.78 is 0. The Kier molecular flexibility index (Phi) is 6.90. The average Bonchev–Trinajstić information content (AvgIpc) is 2.92. The molecule has 8 nitrogen and oxygen atoms in total. The number of nitrogen functional groups attached to an aromatic ring is 1. The van der Waals surface area contributed by atoms with Crippen LogP contribution in [0.25, 0.3) is 0 Å². The van der Waals surface area contributed by atoms with Crippen molar-refractivity contribution < 1.29 is 24.6 Å². The zero-order chi connectivity index (χ0) is 23.5. The van der Waals surface area contributed by atoms with Crippen LogP contribution in [0.2, 0.25) is 0 Å². The van der Waals surface area contributed by atoms with E-state index in [9.17, 15) is 24.6 Å². The second kappa shape index (κ2) is 9.84. The second-order valence-electron chi connectivity index (χ2n) is 8.41. The van der Waals surface area contributed by atoms with Gasteiger partial charge in [0.15, 0.2) is 0 Å². The maximum atomic E-state index is 13.7. The van der Waals surface area contributed by atoms with Crippen LogP contribution in [0.15, 0.2) is 48.5 Å². The van der Waals surface area contributed by atoms with Gasteiger partial charge in [-0.1, -0.05) is 42.5 Å². The number of benzene rings is 2. The number of hydrogen-bond acceptors (Lipinski definition) is 6. The van der Waals surface area contributed by atoms with Gasteiger partial charge in [-0.15, -0.1) is 0 Å². The lowest BCUT2D eigenvalue weighted by Crippen LogP contribution is -2.58. The number of carboxylic acids is 2. The number of hydrogen-bond donors (Lipinski definition) is 4. The van der Waals surface area contributed by atoms with E-state index in [4.69, 9.17) is 5.73 Å². The van der Waals surface area contributed by atoms with Crippen molar-refractivity contribution in [2.45, 2.75) is 43.4 Å². The number of thioether (sulfide) groups is 1. The zero-order valence-electron chi connectivity index (χ0n) is 18.0. The van der Waals surface area contributed by atoms with Gasteiger partial charge >= 0.3 is 11.9 Å². The van der Waals surface area contributed by atoms with Gasteiger partial charge < -0.3 is 20.8 Å². The molecule has 5 N–H and O–H groups in total. The summed E-state index contributed by atoms with van der Waals surface area (Å²) in [4.78, 5) is 39.1. The summed E-state index contributed by atoms with van der Waals surface area (Å²) in [5, 5.41) is 22.7. The van der Waals surface area contributed by atoms with Crippen molar-refractivity contribution in [1.82, 2.24) is 10.2 Å². The van der Waals surface area contributed by atoms with Crippen LogP contribution in [0.1, 0.15) is 29.2 Å². The number of fused-ring (bicyclic) bond motifs is 3. The van der Waals surface area contributed by atoms with Gasteiger partial charge in [0.25, 0.3) is 0 Å². The lowest BCUT2D eigenvalue weighted by molar-refractivity contribution is -0.152. The number of amides is 1. The number of aryl methyl sites for hydroxylation is 1. The first kappa shape index (κ1) is 23.1. The van der Waals surface area contributed by atoms with Crippen molar-refractivity contribution >= 4 is 35.3 Å². The largest absolute Gasteiger partial charge is 0.480 e. The molecule has 1 saturated heterocycles. The van der Waals surface area contributed by atoms with E-state index < -0.39 is 42.0 Å². The van der Waals surface area contributed by atoms with Gasteiger partial charge in [0.2, 0.25) is 5.91 Å². The standard InChI is InChI=1S/C24H27N3O5S/c25-17-8-4-7-15-16(17)11-19(22(28)27-20(15)12-33-13-21(27)24(31)32)26-18(23(29)30)10-9-14-5-2-1-3-6-14/h1-8,18-21,26H,9-13,25H2,(H,29,30)(H,31,32)/t18-,19+,20-,21+/m0/s1. The average molecular weight is 470 g/mol. The van der Waals surface area contributed by atoms with Crippen molar-refractivity contribution in [2.75, 3.05) is 17.2 Å². The highest BCUT2D eigenvalue weighted by Crippen LogP contribution is 2.39. The van der Waals surface area contributed by atoms with E-state index in [1.54, 1.807) is 12.1 Å². The molecular weight excluding hydrogens is 442 g/mol. The maximum absolute atomic E-state index is 13.7. The molecule has 0 spiro atoms. The minimum atomic E-state index is -1.06. The Morgan fingerprint density at radius 3 is 2.58 bits per heavy atom. The normalized spacial score (nSPS) is 23.2. The van der Waals surface area contributed by atoms with Crippen LogP contribution < -0.4 is 11.1 Å². The molecule has 33 heavy (non-hydrogen) atoms. The first-order valence-corrected chi connectivity index (χ1v) is 12.0. The number of anilines is 1. The van der Waals surface area contributed by atoms with E-state index in [-0.39, 0.29) is 12.2 Å². The fourth-order valence-electron chi connectivity index (χ4n) is 4.66. The summed E-state index contributed by atoms with van der Waals surface area (Å²) in [5.74, 6) is -1.66. The summed E-state index contributed by atoms with van der Waals surface area (Å²) in [6, 6.07) is 11.7. The molecule has 0 aromatic heterocycles. The minimum Gasteiger partial charge on any atom is -0.480 e. The van der Waals surface area contributed by atoms with Crippen LogP contribution in [0.4, 0.5) is 5.69 Å². The van der Waals surface area contributed by atoms with E-state index in [1.165, 1.54) is 16.7 Å².